The zero-order valence-corrected chi connectivity index (χ0v) is 16.2. The molecule has 0 aromatic heterocycles. The molecule has 0 heterocycles. The molecule has 0 aliphatic carbocycles. The van der Waals surface area contributed by atoms with E-state index in [9.17, 15) is 9.59 Å². The van der Waals surface area contributed by atoms with Gasteiger partial charge in [-0.05, 0) is 54.1 Å². The van der Waals surface area contributed by atoms with E-state index in [1.165, 1.54) is 0 Å². The summed E-state index contributed by atoms with van der Waals surface area (Å²) in [5.41, 5.74) is 8.26. The van der Waals surface area contributed by atoms with Gasteiger partial charge in [-0.25, -0.2) is 0 Å². The molecular weight excluding hydrogens is 366 g/mol. The summed E-state index contributed by atoms with van der Waals surface area (Å²) >= 11 is 0. The van der Waals surface area contributed by atoms with E-state index < -0.39 is 5.91 Å². The molecule has 0 saturated heterocycles. The number of primary amides is 1. The number of hydrogen-bond acceptors (Lipinski definition) is 4. The second-order valence-corrected chi connectivity index (χ2v) is 6.53. The van der Waals surface area contributed by atoms with Gasteiger partial charge < -0.3 is 20.7 Å². The highest BCUT2D eigenvalue weighted by Crippen LogP contribution is 2.21. The van der Waals surface area contributed by atoms with Crippen LogP contribution in [0.3, 0.4) is 0 Å². The highest BCUT2D eigenvalue weighted by atomic mass is 16.5. The summed E-state index contributed by atoms with van der Waals surface area (Å²) in [6.07, 6.45) is 0. The maximum absolute atomic E-state index is 12.7. The highest BCUT2D eigenvalue weighted by molar-refractivity contribution is 5.96. The third kappa shape index (κ3) is 5.59. The first-order valence-corrected chi connectivity index (χ1v) is 9.18. The Morgan fingerprint density at radius 2 is 1.59 bits per heavy atom. The Hall–Kier alpha value is -3.80. The van der Waals surface area contributed by atoms with Crippen LogP contribution in [0.2, 0.25) is 0 Å². The van der Waals surface area contributed by atoms with Crippen LogP contribution in [0.25, 0.3) is 0 Å². The average Bonchev–Trinajstić information content (AvgIpc) is 2.74. The van der Waals surface area contributed by atoms with Gasteiger partial charge in [0.2, 0.25) is 11.8 Å². The fourth-order valence-electron chi connectivity index (χ4n) is 2.93. The van der Waals surface area contributed by atoms with Crippen LogP contribution < -0.4 is 20.7 Å². The quantitative estimate of drug-likeness (QED) is 0.618. The number of nitrogens with two attached hydrogens (primary N) is 1. The lowest BCUT2D eigenvalue weighted by molar-refractivity contribution is -0.115. The predicted molar refractivity (Wildman–Crippen MR) is 114 cm³/mol. The predicted octanol–water partition coefficient (Wildman–Crippen LogP) is 3.44. The third-order valence-corrected chi connectivity index (χ3v) is 4.44. The Morgan fingerprint density at radius 3 is 2.17 bits per heavy atom. The number of nitrogens with zero attached hydrogens (tertiary/aromatic N) is 1. The van der Waals surface area contributed by atoms with Gasteiger partial charge in [0, 0.05) is 23.5 Å². The molecule has 0 aliphatic rings. The van der Waals surface area contributed by atoms with Gasteiger partial charge in [0.05, 0.1) is 13.7 Å². The van der Waals surface area contributed by atoms with Crippen LogP contribution in [0.5, 0.6) is 5.75 Å². The summed E-state index contributed by atoms with van der Waals surface area (Å²) in [5.74, 6) is 0.0902. The topological polar surface area (TPSA) is 84.7 Å². The maximum Gasteiger partial charge on any atom is 0.248 e. The van der Waals surface area contributed by atoms with Gasteiger partial charge in [0.25, 0.3) is 0 Å². The lowest BCUT2D eigenvalue weighted by atomic mass is 10.2. The van der Waals surface area contributed by atoms with Crippen molar-refractivity contribution in [3.8, 4) is 5.75 Å². The van der Waals surface area contributed by atoms with E-state index in [-0.39, 0.29) is 12.5 Å². The molecule has 0 fully saturated rings. The maximum atomic E-state index is 12.7. The first kappa shape index (κ1) is 19.9. The van der Waals surface area contributed by atoms with Crippen LogP contribution in [-0.4, -0.2) is 25.5 Å². The molecule has 6 nitrogen and oxygen atoms in total. The SMILES string of the molecule is COc1ccc(N(CC(=O)Nc2ccc(C(N)=O)cc2)Cc2ccccc2)cc1. The van der Waals surface area contributed by atoms with E-state index in [1.807, 2.05) is 59.5 Å². The molecular formula is C23H23N3O3. The molecule has 0 bridgehead atoms. The van der Waals surface area contributed by atoms with Crippen molar-refractivity contribution >= 4 is 23.2 Å². The standard InChI is InChI=1S/C23H23N3O3/c1-29-21-13-11-20(12-14-21)26(15-17-5-3-2-4-6-17)16-22(27)25-19-9-7-18(8-10-19)23(24)28/h2-14H,15-16H2,1H3,(H2,24,28)(H,25,27). The Labute approximate surface area is 169 Å². The number of hydrogen-bond donors (Lipinski definition) is 2. The first-order chi connectivity index (χ1) is 14.0. The fourth-order valence-corrected chi connectivity index (χ4v) is 2.93. The molecule has 3 aromatic rings. The van der Waals surface area contributed by atoms with E-state index in [0.717, 1.165) is 17.0 Å². The van der Waals surface area contributed by atoms with Crippen LogP contribution in [0, 0.1) is 0 Å². The van der Waals surface area contributed by atoms with Crippen molar-refractivity contribution in [1.29, 1.82) is 0 Å². The van der Waals surface area contributed by atoms with Gasteiger partial charge in [-0.1, -0.05) is 30.3 Å². The summed E-state index contributed by atoms with van der Waals surface area (Å²) < 4.78 is 5.22. The lowest BCUT2D eigenvalue weighted by Crippen LogP contribution is -2.33. The molecule has 3 N–H and O–H groups in total. The Bertz CT molecular complexity index is 955. The number of amides is 2. The summed E-state index contributed by atoms with van der Waals surface area (Å²) in [7, 11) is 1.62. The van der Waals surface area contributed by atoms with Crippen molar-refractivity contribution in [3.05, 3.63) is 90.0 Å². The number of anilines is 2. The van der Waals surface area contributed by atoms with Gasteiger partial charge in [0.1, 0.15) is 5.75 Å². The normalized spacial score (nSPS) is 10.2. The van der Waals surface area contributed by atoms with E-state index >= 15 is 0 Å². The molecule has 29 heavy (non-hydrogen) atoms. The monoisotopic (exact) mass is 389 g/mol. The minimum absolute atomic E-state index is 0.163. The van der Waals surface area contributed by atoms with E-state index in [2.05, 4.69) is 5.32 Å². The summed E-state index contributed by atoms with van der Waals surface area (Å²) in [4.78, 5) is 25.8. The smallest absolute Gasteiger partial charge is 0.248 e. The van der Waals surface area contributed by atoms with E-state index in [4.69, 9.17) is 10.5 Å². The fraction of sp³-hybridized carbons (Fsp3) is 0.130. The van der Waals surface area contributed by atoms with Gasteiger partial charge in [-0.2, -0.15) is 0 Å². The second-order valence-electron chi connectivity index (χ2n) is 6.53. The number of carbonyl (C=O) groups excluding carboxylic acids is 2. The van der Waals surface area contributed by atoms with Crippen molar-refractivity contribution in [2.75, 3.05) is 23.9 Å². The Kier molecular flexibility index (Phi) is 6.47. The van der Waals surface area contributed by atoms with Gasteiger partial charge >= 0.3 is 0 Å². The number of benzene rings is 3. The summed E-state index contributed by atoms with van der Waals surface area (Å²) in [5, 5.41) is 2.86. The zero-order valence-electron chi connectivity index (χ0n) is 16.2. The van der Waals surface area contributed by atoms with Gasteiger partial charge in [-0.15, -0.1) is 0 Å². The van der Waals surface area contributed by atoms with Gasteiger partial charge in [-0.3, -0.25) is 9.59 Å². The molecule has 0 spiro atoms. The van der Waals surface area contributed by atoms with Crippen molar-refractivity contribution in [1.82, 2.24) is 0 Å². The third-order valence-electron chi connectivity index (χ3n) is 4.44. The van der Waals surface area contributed by atoms with Crippen LogP contribution >= 0.6 is 0 Å². The molecule has 0 radical (unpaired) electrons. The second kappa shape index (κ2) is 9.41. The van der Waals surface area contributed by atoms with Gasteiger partial charge in [0.15, 0.2) is 0 Å². The van der Waals surface area contributed by atoms with Crippen LogP contribution in [0.4, 0.5) is 11.4 Å². The van der Waals surface area contributed by atoms with E-state index in [1.54, 1.807) is 31.4 Å². The molecule has 2 amide bonds. The molecule has 0 aliphatic heterocycles. The molecule has 3 rings (SSSR count). The molecule has 0 atom stereocenters. The molecule has 0 unspecified atom stereocenters. The van der Waals surface area contributed by atoms with Crippen molar-refractivity contribution in [3.63, 3.8) is 0 Å². The van der Waals surface area contributed by atoms with Crippen LogP contribution in [-0.2, 0) is 11.3 Å². The van der Waals surface area contributed by atoms with E-state index in [0.29, 0.717) is 17.8 Å². The minimum atomic E-state index is -0.503. The summed E-state index contributed by atoms with van der Waals surface area (Å²) in [6.45, 7) is 0.750. The largest absolute Gasteiger partial charge is 0.497 e. The zero-order chi connectivity index (χ0) is 20.6. The minimum Gasteiger partial charge on any atom is -0.497 e. The molecule has 3 aromatic carbocycles. The van der Waals surface area contributed by atoms with Crippen LogP contribution in [0.15, 0.2) is 78.9 Å². The number of carbonyl (C=O) groups is 2. The number of nitrogens with one attached hydrogen (secondary N) is 1. The highest BCUT2D eigenvalue weighted by Gasteiger charge is 2.13. The number of rotatable bonds is 8. The average molecular weight is 389 g/mol. The van der Waals surface area contributed by atoms with Crippen molar-refractivity contribution in [2.45, 2.75) is 6.54 Å². The molecule has 6 heteroatoms. The lowest BCUT2D eigenvalue weighted by Gasteiger charge is -2.24. The molecule has 148 valence electrons. The first-order valence-electron chi connectivity index (χ1n) is 9.18. The van der Waals surface area contributed by atoms with Crippen LogP contribution in [0.1, 0.15) is 15.9 Å². The number of ether oxygens (including phenoxy) is 1. The van der Waals surface area contributed by atoms with Crippen molar-refractivity contribution in [2.24, 2.45) is 5.73 Å². The Balaban J connectivity index is 1.74. The molecule has 0 saturated carbocycles. The summed E-state index contributed by atoms with van der Waals surface area (Å²) in [6, 6.07) is 24.0. The number of methoxy groups -OCH3 is 1. The Morgan fingerprint density at radius 1 is 0.931 bits per heavy atom. The van der Waals surface area contributed by atoms with Crippen molar-refractivity contribution < 1.29 is 14.3 Å².